The Balaban J connectivity index is 1.25. The van der Waals surface area contributed by atoms with Gasteiger partial charge in [0.2, 0.25) is 0 Å². The molecule has 0 amide bonds. The van der Waals surface area contributed by atoms with E-state index < -0.39 is 0 Å². The molecule has 1 aliphatic rings. The molecule has 1 N–H and O–H groups in total. The molecule has 0 radical (unpaired) electrons. The summed E-state index contributed by atoms with van der Waals surface area (Å²) in [5.74, 6) is 0.563. The van der Waals surface area contributed by atoms with Gasteiger partial charge in [-0.15, -0.1) is 0 Å². The minimum absolute atomic E-state index is 0.156. The van der Waals surface area contributed by atoms with Crippen molar-refractivity contribution in [1.82, 2.24) is 5.32 Å². The summed E-state index contributed by atoms with van der Waals surface area (Å²) < 4.78 is 13.4. The van der Waals surface area contributed by atoms with Crippen molar-refractivity contribution < 1.29 is 9.31 Å². The van der Waals surface area contributed by atoms with Gasteiger partial charge in [-0.2, -0.15) is 0 Å². The first-order valence-corrected chi connectivity index (χ1v) is 11.9. The monoisotopic (exact) mass is 446 g/mol. The van der Waals surface area contributed by atoms with Crippen LogP contribution in [-0.2, 0) is 0 Å². The van der Waals surface area contributed by atoms with Crippen LogP contribution >= 0.6 is 0 Å². The Morgan fingerprint density at radius 3 is 2.15 bits per heavy atom. The number of nitrogens with zero attached hydrogens (tertiary/aromatic N) is 1. The molecule has 4 nitrogen and oxygen atoms in total. The highest BCUT2D eigenvalue weighted by atomic mass is 19.1. The van der Waals surface area contributed by atoms with Gasteiger partial charge in [-0.3, -0.25) is 10.1 Å². The maximum atomic E-state index is 13.4. The topological polar surface area (TPSA) is 55.2 Å². The van der Waals surface area contributed by atoms with Gasteiger partial charge in [0.05, 0.1) is 4.92 Å². The average molecular weight is 447 g/mol. The van der Waals surface area contributed by atoms with Crippen molar-refractivity contribution in [2.45, 2.75) is 56.4 Å². The molecule has 0 bridgehead atoms. The number of halogens is 1. The molecule has 1 fully saturated rings. The van der Waals surface area contributed by atoms with Crippen LogP contribution in [0, 0.1) is 15.9 Å². The molecule has 1 unspecified atom stereocenters. The summed E-state index contributed by atoms with van der Waals surface area (Å²) in [5.41, 5.74) is 3.80. The fourth-order valence-electron chi connectivity index (χ4n) is 5.02. The smallest absolute Gasteiger partial charge is 0.269 e. The lowest BCUT2D eigenvalue weighted by atomic mass is 9.81. The predicted molar refractivity (Wildman–Crippen MR) is 130 cm³/mol. The summed E-state index contributed by atoms with van der Waals surface area (Å²) in [4.78, 5) is 10.5. The van der Waals surface area contributed by atoms with Crippen LogP contribution < -0.4 is 5.32 Å². The van der Waals surface area contributed by atoms with E-state index in [0.29, 0.717) is 12.0 Å². The minimum Gasteiger partial charge on any atom is -0.314 e. The number of hydrogen-bond acceptors (Lipinski definition) is 3. The van der Waals surface area contributed by atoms with E-state index in [1.807, 2.05) is 30.3 Å². The van der Waals surface area contributed by atoms with Crippen LogP contribution in [0.25, 0.3) is 0 Å². The standard InChI is InChI=1S/C28H31FN2O2/c29-25-14-8-24(9-15-25)28(23-5-2-1-3-6-23)7-4-20-30-26-16-10-21(11-17-26)22-12-18-27(19-13-22)31(32)33/h1-3,5-6,8-9,12-15,18-19,21,26,28,30H,4,7,10-11,16-17,20H2. The minimum atomic E-state index is -0.344. The van der Waals surface area contributed by atoms with Gasteiger partial charge < -0.3 is 5.32 Å². The van der Waals surface area contributed by atoms with E-state index in [4.69, 9.17) is 0 Å². The highest BCUT2D eigenvalue weighted by molar-refractivity contribution is 5.35. The fourth-order valence-corrected chi connectivity index (χ4v) is 5.02. The molecule has 33 heavy (non-hydrogen) atoms. The first kappa shape index (κ1) is 23.1. The molecule has 1 atom stereocenters. The van der Waals surface area contributed by atoms with Crippen molar-refractivity contribution in [2.75, 3.05) is 6.54 Å². The third kappa shape index (κ3) is 6.26. The van der Waals surface area contributed by atoms with Crippen LogP contribution in [0.2, 0.25) is 0 Å². The molecule has 0 aliphatic heterocycles. The van der Waals surface area contributed by atoms with Crippen LogP contribution in [0.4, 0.5) is 10.1 Å². The molecule has 1 saturated carbocycles. The lowest BCUT2D eigenvalue weighted by molar-refractivity contribution is -0.384. The third-order valence-electron chi connectivity index (χ3n) is 6.88. The molecule has 0 heterocycles. The number of nitro benzene ring substituents is 1. The summed E-state index contributed by atoms with van der Waals surface area (Å²) in [5, 5.41) is 14.6. The van der Waals surface area contributed by atoms with Crippen molar-refractivity contribution in [3.05, 3.63) is 111 Å². The van der Waals surface area contributed by atoms with Gasteiger partial charge in [0.25, 0.3) is 5.69 Å². The maximum absolute atomic E-state index is 13.4. The van der Waals surface area contributed by atoms with E-state index in [1.165, 1.54) is 11.1 Å². The van der Waals surface area contributed by atoms with E-state index in [1.54, 1.807) is 24.3 Å². The normalized spacial score (nSPS) is 19.2. The lowest BCUT2D eigenvalue weighted by Crippen LogP contribution is -2.33. The Hall–Kier alpha value is -3.05. The van der Waals surface area contributed by atoms with E-state index >= 15 is 0 Å². The number of nitro groups is 1. The molecular formula is C28H31FN2O2. The van der Waals surface area contributed by atoms with Gasteiger partial charge in [0.1, 0.15) is 5.82 Å². The molecule has 5 heteroatoms. The SMILES string of the molecule is O=[N+]([O-])c1ccc(C2CCC(NCCCC(c3ccccc3)c3ccc(F)cc3)CC2)cc1. The second-order valence-corrected chi connectivity index (χ2v) is 9.01. The Morgan fingerprint density at radius 1 is 0.879 bits per heavy atom. The highest BCUT2D eigenvalue weighted by Crippen LogP contribution is 2.34. The van der Waals surface area contributed by atoms with Gasteiger partial charge in [-0.25, -0.2) is 4.39 Å². The van der Waals surface area contributed by atoms with Crippen molar-refractivity contribution in [1.29, 1.82) is 0 Å². The summed E-state index contributed by atoms with van der Waals surface area (Å²) in [7, 11) is 0. The highest BCUT2D eigenvalue weighted by Gasteiger charge is 2.22. The molecule has 1 aliphatic carbocycles. The number of hydrogen-bond donors (Lipinski definition) is 1. The van der Waals surface area contributed by atoms with Crippen molar-refractivity contribution in [3.63, 3.8) is 0 Å². The molecule has 4 rings (SSSR count). The zero-order valence-corrected chi connectivity index (χ0v) is 18.8. The number of non-ortho nitro benzene ring substituents is 1. The fraction of sp³-hybridized carbons (Fsp3) is 0.357. The van der Waals surface area contributed by atoms with Crippen LogP contribution in [0.5, 0.6) is 0 Å². The molecule has 3 aromatic rings. The number of benzene rings is 3. The molecular weight excluding hydrogens is 415 g/mol. The molecule has 0 saturated heterocycles. The van der Waals surface area contributed by atoms with E-state index in [9.17, 15) is 14.5 Å². The van der Waals surface area contributed by atoms with Crippen LogP contribution in [0.3, 0.4) is 0 Å². The van der Waals surface area contributed by atoms with Gasteiger partial charge in [-0.1, -0.05) is 54.6 Å². The number of rotatable bonds is 9. The van der Waals surface area contributed by atoms with Gasteiger partial charge in [-0.05, 0) is 79.8 Å². The van der Waals surface area contributed by atoms with Crippen molar-refractivity contribution >= 4 is 5.69 Å². The summed E-state index contributed by atoms with van der Waals surface area (Å²) >= 11 is 0. The van der Waals surface area contributed by atoms with Crippen LogP contribution in [0.1, 0.15) is 67.1 Å². The zero-order chi connectivity index (χ0) is 23.0. The van der Waals surface area contributed by atoms with Gasteiger partial charge in [0, 0.05) is 24.1 Å². The Kier molecular flexibility index (Phi) is 7.84. The largest absolute Gasteiger partial charge is 0.314 e. The van der Waals surface area contributed by atoms with Crippen molar-refractivity contribution in [2.24, 2.45) is 0 Å². The van der Waals surface area contributed by atoms with E-state index in [0.717, 1.165) is 50.6 Å². The van der Waals surface area contributed by atoms with E-state index in [-0.39, 0.29) is 22.3 Å². The molecule has 172 valence electrons. The second kappa shape index (κ2) is 11.2. The molecule has 3 aromatic carbocycles. The Labute approximate surface area is 195 Å². The maximum Gasteiger partial charge on any atom is 0.269 e. The zero-order valence-electron chi connectivity index (χ0n) is 18.8. The molecule has 0 aromatic heterocycles. The van der Waals surface area contributed by atoms with Crippen LogP contribution in [0.15, 0.2) is 78.9 Å². The van der Waals surface area contributed by atoms with Crippen LogP contribution in [-0.4, -0.2) is 17.5 Å². The second-order valence-electron chi connectivity index (χ2n) is 9.01. The Bertz CT molecular complexity index is 1010. The lowest BCUT2D eigenvalue weighted by Gasteiger charge is -2.29. The Morgan fingerprint density at radius 2 is 1.52 bits per heavy atom. The number of nitrogens with one attached hydrogen (secondary N) is 1. The quantitative estimate of drug-likeness (QED) is 0.220. The summed E-state index contributed by atoms with van der Waals surface area (Å²) in [6.07, 6.45) is 6.54. The first-order chi connectivity index (χ1) is 16.1. The summed E-state index contributed by atoms with van der Waals surface area (Å²) in [6.45, 7) is 0.970. The van der Waals surface area contributed by atoms with Gasteiger partial charge in [0.15, 0.2) is 0 Å². The molecule has 0 spiro atoms. The van der Waals surface area contributed by atoms with Gasteiger partial charge >= 0.3 is 0 Å². The van der Waals surface area contributed by atoms with Crippen molar-refractivity contribution in [3.8, 4) is 0 Å². The third-order valence-corrected chi connectivity index (χ3v) is 6.88. The average Bonchev–Trinajstić information content (AvgIpc) is 2.86. The van der Waals surface area contributed by atoms with E-state index in [2.05, 4.69) is 29.6 Å². The first-order valence-electron chi connectivity index (χ1n) is 11.9. The predicted octanol–water partition coefficient (Wildman–Crippen LogP) is 6.96. The summed E-state index contributed by atoms with van der Waals surface area (Å²) in [6, 6.07) is 24.9.